The van der Waals surface area contributed by atoms with Gasteiger partial charge in [0.25, 0.3) is 0 Å². The third kappa shape index (κ3) is 5.73. The van der Waals surface area contributed by atoms with Crippen LogP contribution in [0.3, 0.4) is 0 Å². The molecule has 3 N–H and O–H groups in total. The number of nitrogens with one attached hydrogen (secondary N) is 3. The summed E-state index contributed by atoms with van der Waals surface area (Å²) in [6, 6.07) is 0.587. The fourth-order valence-electron chi connectivity index (χ4n) is 1.45. The predicted molar refractivity (Wildman–Crippen MR) is 75.3 cm³/mol. The third-order valence-corrected chi connectivity index (χ3v) is 2.63. The summed E-state index contributed by atoms with van der Waals surface area (Å²) in [7, 11) is 0. The number of hydrogen-bond acceptors (Lipinski definition) is 4. The highest BCUT2D eigenvalue weighted by atomic mass is 16.5. The molecule has 0 aliphatic carbocycles. The first-order chi connectivity index (χ1) is 9.38. The highest BCUT2D eigenvalue weighted by Crippen LogP contribution is 2.07. The Labute approximate surface area is 118 Å². The van der Waals surface area contributed by atoms with E-state index in [-0.39, 0.29) is 11.9 Å². The Morgan fingerprint density at radius 3 is 2.60 bits per heavy atom. The van der Waals surface area contributed by atoms with Gasteiger partial charge >= 0.3 is 6.03 Å². The van der Waals surface area contributed by atoms with Gasteiger partial charge in [-0.2, -0.15) is 0 Å². The summed E-state index contributed by atoms with van der Waals surface area (Å²) in [5, 5.41) is 11.5. The SMILES string of the molecule is Cc1cc(NC(=O)[C@@H](C)NC(=O)NCCC(C)C)no1. The summed E-state index contributed by atoms with van der Waals surface area (Å²) < 4.78 is 4.84. The molecular formula is C13H22N4O3. The van der Waals surface area contributed by atoms with Crippen molar-refractivity contribution in [3.8, 4) is 0 Å². The van der Waals surface area contributed by atoms with Crippen LogP contribution in [0.2, 0.25) is 0 Å². The Morgan fingerprint density at radius 1 is 1.35 bits per heavy atom. The molecule has 20 heavy (non-hydrogen) atoms. The number of amides is 3. The second kappa shape index (κ2) is 7.52. The van der Waals surface area contributed by atoms with Gasteiger partial charge in [0.15, 0.2) is 5.82 Å². The van der Waals surface area contributed by atoms with Gasteiger partial charge in [0.2, 0.25) is 5.91 Å². The Balaban J connectivity index is 2.32. The van der Waals surface area contributed by atoms with Crippen LogP contribution < -0.4 is 16.0 Å². The minimum atomic E-state index is -0.661. The highest BCUT2D eigenvalue weighted by molar-refractivity contribution is 5.95. The summed E-state index contributed by atoms with van der Waals surface area (Å²) in [5.41, 5.74) is 0. The highest BCUT2D eigenvalue weighted by Gasteiger charge is 2.16. The molecule has 7 heteroatoms. The van der Waals surface area contributed by atoms with Gasteiger partial charge in [-0.15, -0.1) is 0 Å². The summed E-state index contributed by atoms with van der Waals surface area (Å²) in [6.07, 6.45) is 0.895. The van der Waals surface area contributed by atoms with Gasteiger partial charge in [-0.25, -0.2) is 4.79 Å². The van der Waals surface area contributed by atoms with Crippen LogP contribution in [0.4, 0.5) is 10.6 Å². The maximum atomic E-state index is 11.8. The van der Waals surface area contributed by atoms with Gasteiger partial charge in [-0.05, 0) is 26.2 Å². The smallest absolute Gasteiger partial charge is 0.315 e. The van der Waals surface area contributed by atoms with E-state index in [1.54, 1.807) is 19.9 Å². The molecule has 0 spiro atoms. The molecular weight excluding hydrogens is 260 g/mol. The second-order valence-electron chi connectivity index (χ2n) is 5.12. The molecule has 1 heterocycles. The number of aryl methyl sites for hydroxylation is 1. The van der Waals surface area contributed by atoms with Gasteiger partial charge in [0.1, 0.15) is 11.8 Å². The maximum absolute atomic E-state index is 11.8. The van der Waals surface area contributed by atoms with Crippen LogP contribution in [0.15, 0.2) is 10.6 Å². The van der Waals surface area contributed by atoms with Crippen LogP contribution in [0.25, 0.3) is 0 Å². The maximum Gasteiger partial charge on any atom is 0.315 e. The minimum absolute atomic E-state index is 0.335. The standard InChI is InChI=1S/C13H22N4O3/c1-8(2)5-6-14-13(19)15-10(4)12(18)16-11-7-9(3)20-17-11/h7-8,10H,5-6H2,1-4H3,(H2,14,15,19)(H,16,17,18)/t10-/m1/s1. The van der Waals surface area contributed by atoms with Crippen LogP contribution in [-0.2, 0) is 4.79 Å². The van der Waals surface area contributed by atoms with E-state index < -0.39 is 6.04 Å². The molecule has 1 aromatic rings. The fourth-order valence-corrected chi connectivity index (χ4v) is 1.45. The van der Waals surface area contributed by atoms with E-state index in [0.29, 0.717) is 24.0 Å². The van der Waals surface area contributed by atoms with E-state index >= 15 is 0 Å². The van der Waals surface area contributed by atoms with E-state index in [9.17, 15) is 9.59 Å². The van der Waals surface area contributed by atoms with Crippen molar-refractivity contribution >= 4 is 17.8 Å². The average Bonchev–Trinajstić information content (AvgIpc) is 2.74. The quantitative estimate of drug-likeness (QED) is 0.739. The van der Waals surface area contributed by atoms with Gasteiger partial charge in [0, 0.05) is 12.6 Å². The van der Waals surface area contributed by atoms with Crippen molar-refractivity contribution in [2.24, 2.45) is 5.92 Å². The second-order valence-corrected chi connectivity index (χ2v) is 5.12. The zero-order valence-electron chi connectivity index (χ0n) is 12.3. The molecule has 0 bridgehead atoms. The van der Waals surface area contributed by atoms with Crippen molar-refractivity contribution in [1.29, 1.82) is 0 Å². The van der Waals surface area contributed by atoms with Crippen LogP contribution in [0.1, 0.15) is 33.0 Å². The lowest BCUT2D eigenvalue weighted by molar-refractivity contribution is -0.117. The van der Waals surface area contributed by atoms with Gasteiger partial charge < -0.3 is 20.5 Å². The van der Waals surface area contributed by atoms with Gasteiger partial charge in [-0.3, -0.25) is 4.79 Å². The Morgan fingerprint density at radius 2 is 2.05 bits per heavy atom. The van der Waals surface area contributed by atoms with Crippen LogP contribution in [0, 0.1) is 12.8 Å². The van der Waals surface area contributed by atoms with E-state index in [1.165, 1.54) is 0 Å². The summed E-state index contributed by atoms with van der Waals surface area (Å²) >= 11 is 0. The molecule has 0 fully saturated rings. The molecule has 1 atom stereocenters. The number of carbonyl (C=O) groups excluding carboxylic acids is 2. The first kappa shape index (κ1) is 16.0. The first-order valence-electron chi connectivity index (χ1n) is 6.67. The van der Waals surface area contributed by atoms with Crippen LogP contribution in [0.5, 0.6) is 0 Å². The molecule has 7 nitrogen and oxygen atoms in total. The number of urea groups is 1. The number of rotatable bonds is 6. The van der Waals surface area contributed by atoms with Crippen molar-refractivity contribution in [3.05, 3.63) is 11.8 Å². The normalized spacial score (nSPS) is 12.1. The monoisotopic (exact) mass is 282 g/mol. The zero-order valence-corrected chi connectivity index (χ0v) is 12.3. The van der Waals surface area contributed by atoms with Crippen LogP contribution >= 0.6 is 0 Å². The lowest BCUT2D eigenvalue weighted by Gasteiger charge is -2.14. The van der Waals surface area contributed by atoms with E-state index in [4.69, 9.17) is 4.52 Å². The number of carbonyl (C=O) groups is 2. The van der Waals surface area contributed by atoms with Gasteiger partial charge in [0.05, 0.1) is 0 Å². The Kier molecular flexibility index (Phi) is 6.02. The molecule has 3 amide bonds. The van der Waals surface area contributed by atoms with Crippen molar-refractivity contribution in [1.82, 2.24) is 15.8 Å². The van der Waals surface area contributed by atoms with Crippen LogP contribution in [-0.4, -0.2) is 29.7 Å². The molecule has 0 saturated carbocycles. The number of aromatic nitrogens is 1. The van der Waals surface area contributed by atoms with Crippen molar-refractivity contribution in [2.45, 2.75) is 40.2 Å². The first-order valence-corrected chi connectivity index (χ1v) is 6.67. The van der Waals surface area contributed by atoms with E-state index in [0.717, 1.165) is 6.42 Å². The number of hydrogen-bond donors (Lipinski definition) is 3. The van der Waals surface area contributed by atoms with E-state index in [2.05, 4.69) is 35.0 Å². The lowest BCUT2D eigenvalue weighted by atomic mass is 10.1. The molecule has 1 rings (SSSR count). The summed E-state index contributed by atoms with van der Waals surface area (Å²) in [5.74, 6) is 1.11. The molecule has 0 radical (unpaired) electrons. The molecule has 0 unspecified atom stereocenters. The zero-order chi connectivity index (χ0) is 15.1. The number of nitrogens with zero attached hydrogens (tertiary/aromatic N) is 1. The summed E-state index contributed by atoms with van der Waals surface area (Å²) in [4.78, 5) is 23.4. The lowest BCUT2D eigenvalue weighted by Crippen LogP contribution is -2.46. The van der Waals surface area contributed by atoms with Gasteiger partial charge in [-0.1, -0.05) is 19.0 Å². The largest absolute Gasteiger partial charge is 0.360 e. The molecule has 0 aliphatic rings. The Bertz CT molecular complexity index is 456. The topological polar surface area (TPSA) is 96.3 Å². The Hall–Kier alpha value is -2.05. The third-order valence-electron chi connectivity index (χ3n) is 2.63. The fraction of sp³-hybridized carbons (Fsp3) is 0.615. The average molecular weight is 282 g/mol. The van der Waals surface area contributed by atoms with Crippen molar-refractivity contribution in [2.75, 3.05) is 11.9 Å². The molecule has 0 aromatic carbocycles. The molecule has 112 valence electrons. The van der Waals surface area contributed by atoms with Crippen molar-refractivity contribution in [3.63, 3.8) is 0 Å². The minimum Gasteiger partial charge on any atom is -0.360 e. The van der Waals surface area contributed by atoms with Crippen molar-refractivity contribution < 1.29 is 14.1 Å². The number of anilines is 1. The molecule has 0 saturated heterocycles. The predicted octanol–water partition coefficient (Wildman–Crippen LogP) is 1.66. The van der Waals surface area contributed by atoms with E-state index in [1.807, 2.05) is 0 Å². The molecule has 1 aromatic heterocycles. The molecule has 0 aliphatic heterocycles. The summed E-state index contributed by atoms with van der Waals surface area (Å²) in [6.45, 7) is 8.07.